The maximum atomic E-state index is 11.3. The SMILES string of the molecule is CC(C)(C)CC(C)(C)c1ccc(N(c2ccc(C=O)cc2)c2ccc(C(C)(C)CC(C)(C)C)cc2)cc1. The Morgan fingerprint density at radius 3 is 1.08 bits per heavy atom. The number of nitrogens with zero attached hydrogens (tertiary/aromatic N) is 1. The summed E-state index contributed by atoms with van der Waals surface area (Å²) in [7, 11) is 0. The first kappa shape index (κ1) is 28.7. The Bertz CT molecular complexity index is 1100. The van der Waals surface area contributed by atoms with Gasteiger partial charge in [0.25, 0.3) is 0 Å². The molecule has 0 aromatic heterocycles. The van der Waals surface area contributed by atoms with Gasteiger partial charge < -0.3 is 4.90 Å². The lowest BCUT2D eigenvalue weighted by atomic mass is 9.72. The van der Waals surface area contributed by atoms with Crippen molar-refractivity contribution in [3.05, 3.63) is 89.5 Å². The summed E-state index contributed by atoms with van der Waals surface area (Å²) < 4.78 is 0. The van der Waals surface area contributed by atoms with Crippen LogP contribution < -0.4 is 4.90 Å². The molecule has 0 saturated carbocycles. The first-order chi connectivity index (χ1) is 17.0. The van der Waals surface area contributed by atoms with Crippen molar-refractivity contribution in [1.29, 1.82) is 0 Å². The summed E-state index contributed by atoms with van der Waals surface area (Å²) in [5, 5.41) is 0. The molecule has 0 atom stereocenters. The van der Waals surface area contributed by atoms with Crippen molar-refractivity contribution in [2.45, 2.75) is 92.9 Å². The van der Waals surface area contributed by atoms with Crippen LogP contribution in [-0.2, 0) is 10.8 Å². The number of carbonyl (C=O) groups is 1. The van der Waals surface area contributed by atoms with Crippen LogP contribution in [0.2, 0.25) is 0 Å². The molecule has 2 heteroatoms. The summed E-state index contributed by atoms with van der Waals surface area (Å²) >= 11 is 0. The topological polar surface area (TPSA) is 20.3 Å². The van der Waals surface area contributed by atoms with Crippen LogP contribution >= 0.6 is 0 Å². The molecule has 3 aromatic rings. The fourth-order valence-corrected chi connectivity index (χ4v) is 6.13. The van der Waals surface area contributed by atoms with Crippen LogP contribution in [0.4, 0.5) is 17.1 Å². The minimum atomic E-state index is 0.0908. The van der Waals surface area contributed by atoms with Gasteiger partial charge in [-0.25, -0.2) is 0 Å². The highest BCUT2D eigenvalue weighted by molar-refractivity contribution is 5.80. The molecule has 3 aromatic carbocycles. The van der Waals surface area contributed by atoms with Gasteiger partial charge in [0.2, 0.25) is 0 Å². The van der Waals surface area contributed by atoms with E-state index in [1.54, 1.807) is 0 Å². The van der Waals surface area contributed by atoms with Crippen molar-refractivity contribution >= 4 is 23.3 Å². The van der Waals surface area contributed by atoms with Gasteiger partial charge in [-0.2, -0.15) is 0 Å². The van der Waals surface area contributed by atoms with E-state index < -0.39 is 0 Å². The highest BCUT2D eigenvalue weighted by Gasteiger charge is 2.29. The Labute approximate surface area is 226 Å². The Kier molecular flexibility index (Phi) is 8.13. The second-order valence-corrected chi connectivity index (χ2v) is 14.4. The number of benzene rings is 3. The van der Waals surface area contributed by atoms with Crippen molar-refractivity contribution in [2.75, 3.05) is 4.90 Å². The van der Waals surface area contributed by atoms with Crippen LogP contribution in [-0.4, -0.2) is 6.29 Å². The first-order valence-electron chi connectivity index (χ1n) is 13.6. The van der Waals surface area contributed by atoms with E-state index in [0.717, 1.165) is 36.2 Å². The van der Waals surface area contributed by atoms with Gasteiger partial charge in [-0.15, -0.1) is 0 Å². The summed E-state index contributed by atoms with van der Waals surface area (Å²) in [5.74, 6) is 0. The smallest absolute Gasteiger partial charge is 0.150 e. The molecule has 0 aliphatic rings. The van der Waals surface area contributed by atoms with Gasteiger partial charge in [0.05, 0.1) is 0 Å². The van der Waals surface area contributed by atoms with Crippen molar-refractivity contribution < 1.29 is 4.79 Å². The average Bonchev–Trinajstić information content (AvgIpc) is 2.77. The predicted octanol–water partition coefficient (Wildman–Crippen LogP) is 10.4. The molecule has 198 valence electrons. The Morgan fingerprint density at radius 1 is 0.514 bits per heavy atom. The Morgan fingerprint density at radius 2 is 0.811 bits per heavy atom. The molecule has 0 fully saturated rings. The molecular weight excluding hydrogens is 450 g/mol. The Hall–Kier alpha value is -2.87. The lowest BCUT2D eigenvalue weighted by Gasteiger charge is -2.34. The van der Waals surface area contributed by atoms with E-state index in [-0.39, 0.29) is 21.7 Å². The van der Waals surface area contributed by atoms with Crippen LogP contribution in [0.1, 0.15) is 104 Å². The quantitative estimate of drug-likeness (QED) is 0.288. The molecule has 0 amide bonds. The molecular formula is C35H47NO. The van der Waals surface area contributed by atoms with Crippen LogP contribution in [0.5, 0.6) is 0 Å². The van der Waals surface area contributed by atoms with E-state index in [4.69, 9.17) is 0 Å². The van der Waals surface area contributed by atoms with E-state index in [1.165, 1.54) is 11.1 Å². The highest BCUT2D eigenvalue weighted by Crippen LogP contribution is 2.41. The zero-order chi connectivity index (χ0) is 27.6. The molecule has 0 aliphatic heterocycles. The van der Waals surface area contributed by atoms with E-state index in [0.29, 0.717) is 5.56 Å². The molecule has 2 nitrogen and oxygen atoms in total. The number of hydrogen-bond donors (Lipinski definition) is 0. The molecule has 0 saturated heterocycles. The third kappa shape index (κ3) is 7.57. The van der Waals surface area contributed by atoms with E-state index in [1.807, 2.05) is 24.3 Å². The molecule has 0 aliphatic carbocycles. The molecule has 0 heterocycles. The number of carbonyl (C=O) groups excluding carboxylic acids is 1. The molecule has 0 spiro atoms. The van der Waals surface area contributed by atoms with E-state index in [2.05, 4.69) is 123 Å². The van der Waals surface area contributed by atoms with Gasteiger partial charge in [0.1, 0.15) is 6.29 Å². The molecule has 3 rings (SSSR count). The predicted molar refractivity (Wildman–Crippen MR) is 161 cm³/mol. The van der Waals surface area contributed by atoms with Gasteiger partial charge in [-0.1, -0.05) is 93.5 Å². The zero-order valence-corrected chi connectivity index (χ0v) is 24.8. The van der Waals surface area contributed by atoms with Gasteiger partial charge in [0, 0.05) is 22.6 Å². The monoisotopic (exact) mass is 497 g/mol. The summed E-state index contributed by atoms with van der Waals surface area (Å²) in [6.45, 7) is 23.2. The second-order valence-electron chi connectivity index (χ2n) is 14.4. The minimum absolute atomic E-state index is 0.0908. The van der Waals surface area contributed by atoms with E-state index in [9.17, 15) is 4.79 Å². The second kappa shape index (κ2) is 10.5. The first-order valence-corrected chi connectivity index (χ1v) is 13.6. The van der Waals surface area contributed by atoms with Crippen molar-refractivity contribution in [3.8, 4) is 0 Å². The third-order valence-corrected chi connectivity index (χ3v) is 7.05. The van der Waals surface area contributed by atoms with Gasteiger partial charge >= 0.3 is 0 Å². The molecule has 0 unspecified atom stereocenters. The van der Waals surface area contributed by atoms with Crippen LogP contribution in [0.15, 0.2) is 72.8 Å². The van der Waals surface area contributed by atoms with Crippen molar-refractivity contribution in [3.63, 3.8) is 0 Å². The zero-order valence-electron chi connectivity index (χ0n) is 24.8. The number of anilines is 3. The van der Waals surface area contributed by atoms with Gasteiger partial charge in [-0.05, 0) is 94.2 Å². The number of hydrogen-bond acceptors (Lipinski definition) is 2. The summed E-state index contributed by atoms with van der Waals surface area (Å²) in [6, 6.07) is 25.8. The van der Waals surface area contributed by atoms with Crippen molar-refractivity contribution in [1.82, 2.24) is 0 Å². The molecule has 37 heavy (non-hydrogen) atoms. The normalized spacial score (nSPS) is 12.9. The summed E-state index contributed by atoms with van der Waals surface area (Å²) in [6.07, 6.45) is 3.12. The van der Waals surface area contributed by atoms with Crippen LogP contribution in [0.25, 0.3) is 0 Å². The highest BCUT2D eigenvalue weighted by atomic mass is 16.1. The fourth-order valence-electron chi connectivity index (χ4n) is 6.13. The lowest BCUT2D eigenvalue weighted by molar-refractivity contribution is 0.112. The maximum absolute atomic E-state index is 11.3. The fraction of sp³-hybridized carbons (Fsp3) is 0.457. The molecule has 0 radical (unpaired) electrons. The van der Waals surface area contributed by atoms with E-state index >= 15 is 0 Å². The average molecular weight is 498 g/mol. The number of aldehydes is 1. The minimum Gasteiger partial charge on any atom is -0.311 e. The largest absolute Gasteiger partial charge is 0.311 e. The van der Waals surface area contributed by atoms with Gasteiger partial charge in [0.15, 0.2) is 0 Å². The summed E-state index contributed by atoms with van der Waals surface area (Å²) in [5.41, 5.74) is 7.33. The summed E-state index contributed by atoms with van der Waals surface area (Å²) in [4.78, 5) is 13.5. The van der Waals surface area contributed by atoms with Crippen LogP contribution in [0, 0.1) is 10.8 Å². The third-order valence-electron chi connectivity index (χ3n) is 7.05. The van der Waals surface area contributed by atoms with Crippen molar-refractivity contribution in [2.24, 2.45) is 10.8 Å². The Balaban J connectivity index is 2.02. The lowest BCUT2D eigenvalue weighted by Crippen LogP contribution is -2.25. The number of rotatable bonds is 8. The standard InChI is InChI=1S/C35H47NO/c1-32(2,3)24-34(7,8)27-13-19-30(20-14-27)36(29-17-11-26(23-37)12-18-29)31-21-15-28(16-22-31)35(9,10)25-33(4,5)6/h11-23H,24-25H2,1-10H3. The maximum Gasteiger partial charge on any atom is 0.150 e. The molecule has 0 N–H and O–H groups in total. The van der Waals surface area contributed by atoms with Gasteiger partial charge in [-0.3, -0.25) is 4.79 Å². The van der Waals surface area contributed by atoms with Crippen LogP contribution in [0.3, 0.4) is 0 Å². The molecule has 0 bridgehead atoms.